The van der Waals surface area contributed by atoms with Crippen LogP contribution in [-0.2, 0) is 17.5 Å². The van der Waals surface area contributed by atoms with Crippen molar-refractivity contribution in [3.8, 4) is 0 Å². The summed E-state index contributed by atoms with van der Waals surface area (Å²) in [6.45, 7) is 3.44. The van der Waals surface area contributed by atoms with E-state index in [2.05, 4.69) is 15.5 Å². The van der Waals surface area contributed by atoms with Gasteiger partial charge in [0.05, 0.1) is 12.1 Å². The average molecular weight is 428 g/mol. The lowest BCUT2D eigenvalue weighted by Gasteiger charge is -2.17. The molecule has 0 bridgehead atoms. The minimum absolute atomic E-state index is 0. The molecule has 1 heterocycles. The lowest BCUT2D eigenvalue weighted by molar-refractivity contribution is -0.137. The molecule has 4 nitrogen and oxygen atoms in total. The summed E-state index contributed by atoms with van der Waals surface area (Å²) < 4.78 is 37.7. The topological polar surface area (TPSA) is 44.4 Å². The SMILES string of the molecule is Cl.Cl.O=C(CNCC1CC1)NC1CCN(Cc2ccc(C(F)(F)F)cc2)C1. The third kappa shape index (κ3) is 7.86. The van der Waals surface area contributed by atoms with Gasteiger partial charge in [0.25, 0.3) is 0 Å². The molecule has 1 aliphatic carbocycles. The number of halogens is 5. The lowest BCUT2D eigenvalue weighted by atomic mass is 10.1. The Morgan fingerprint density at radius 2 is 1.78 bits per heavy atom. The van der Waals surface area contributed by atoms with Gasteiger partial charge in [-0.05, 0) is 49.4 Å². The number of amides is 1. The van der Waals surface area contributed by atoms with Gasteiger partial charge < -0.3 is 10.6 Å². The molecule has 2 N–H and O–H groups in total. The zero-order valence-corrected chi connectivity index (χ0v) is 16.6. The van der Waals surface area contributed by atoms with Crippen molar-refractivity contribution in [1.82, 2.24) is 15.5 Å². The fourth-order valence-corrected chi connectivity index (χ4v) is 3.14. The van der Waals surface area contributed by atoms with E-state index in [0.29, 0.717) is 13.1 Å². The Hall–Kier alpha value is -1.02. The number of nitrogens with zero attached hydrogens (tertiary/aromatic N) is 1. The highest BCUT2D eigenvalue weighted by Gasteiger charge is 2.30. The van der Waals surface area contributed by atoms with Gasteiger partial charge in [0.15, 0.2) is 0 Å². The molecule has 2 aliphatic rings. The van der Waals surface area contributed by atoms with E-state index >= 15 is 0 Å². The van der Waals surface area contributed by atoms with Crippen LogP contribution in [0.2, 0.25) is 0 Å². The van der Waals surface area contributed by atoms with E-state index in [4.69, 9.17) is 0 Å². The Kier molecular flexibility index (Phi) is 9.34. The van der Waals surface area contributed by atoms with Crippen molar-refractivity contribution in [2.45, 2.75) is 38.0 Å². The zero-order valence-electron chi connectivity index (χ0n) is 14.9. The van der Waals surface area contributed by atoms with Gasteiger partial charge in [0, 0.05) is 25.7 Å². The van der Waals surface area contributed by atoms with E-state index in [1.807, 2.05) is 0 Å². The number of benzene rings is 1. The lowest BCUT2D eigenvalue weighted by Crippen LogP contribution is -2.42. The van der Waals surface area contributed by atoms with Gasteiger partial charge in [-0.15, -0.1) is 24.8 Å². The molecule has 0 aromatic heterocycles. The number of rotatable bonds is 7. The van der Waals surface area contributed by atoms with Gasteiger partial charge >= 0.3 is 6.18 Å². The highest BCUT2D eigenvalue weighted by Crippen LogP contribution is 2.29. The van der Waals surface area contributed by atoms with Gasteiger partial charge in [-0.25, -0.2) is 0 Å². The second-order valence-electron chi connectivity index (χ2n) is 7.06. The molecule has 1 saturated heterocycles. The third-order valence-electron chi connectivity index (χ3n) is 4.74. The Bertz CT molecular complexity index is 595. The number of likely N-dealkylation sites (tertiary alicyclic amines) is 1. The number of carbonyl (C=O) groups excluding carboxylic acids is 1. The van der Waals surface area contributed by atoms with Crippen molar-refractivity contribution in [2.75, 3.05) is 26.2 Å². The predicted octanol–water partition coefficient (Wildman–Crippen LogP) is 3.24. The molecular formula is C18H26Cl2F3N3O. The Labute approximate surface area is 170 Å². The summed E-state index contributed by atoms with van der Waals surface area (Å²) in [4.78, 5) is 14.1. The second-order valence-corrected chi connectivity index (χ2v) is 7.06. The predicted molar refractivity (Wildman–Crippen MR) is 103 cm³/mol. The van der Waals surface area contributed by atoms with Gasteiger partial charge in [0.1, 0.15) is 0 Å². The van der Waals surface area contributed by atoms with Crippen molar-refractivity contribution in [2.24, 2.45) is 5.92 Å². The van der Waals surface area contributed by atoms with E-state index in [9.17, 15) is 18.0 Å². The van der Waals surface area contributed by atoms with Crippen molar-refractivity contribution >= 4 is 30.7 Å². The first-order chi connectivity index (χ1) is 11.9. The molecule has 1 amide bonds. The molecular weight excluding hydrogens is 402 g/mol. The van der Waals surface area contributed by atoms with E-state index in [1.165, 1.54) is 25.0 Å². The quantitative estimate of drug-likeness (QED) is 0.701. The summed E-state index contributed by atoms with van der Waals surface area (Å²) in [6.07, 6.45) is -0.906. The van der Waals surface area contributed by atoms with Crippen molar-refractivity contribution in [3.63, 3.8) is 0 Å². The zero-order chi connectivity index (χ0) is 17.9. The molecule has 9 heteroatoms. The van der Waals surface area contributed by atoms with Crippen LogP contribution in [0.3, 0.4) is 0 Å². The van der Waals surface area contributed by atoms with Crippen LogP contribution in [0.4, 0.5) is 13.2 Å². The minimum Gasteiger partial charge on any atom is -0.351 e. The molecule has 1 aromatic rings. The molecule has 3 rings (SSSR count). The first-order valence-electron chi connectivity index (χ1n) is 8.79. The van der Waals surface area contributed by atoms with Crippen LogP contribution in [-0.4, -0.2) is 43.0 Å². The Morgan fingerprint density at radius 1 is 1.11 bits per heavy atom. The first-order valence-corrected chi connectivity index (χ1v) is 8.79. The molecule has 154 valence electrons. The van der Waals surface area contributed by atoms with Crippen LogP contribution in [0, 0.1) is 5.92 Å². The minimum atomic E-state index is -4.30. The van der Waals surface area contributed by atoms with Crippen molar-refractivity contribution in [1.29, 1.82) is 0 Å². The van der Waals surface area contributed by atoms with Gasteiger partial charge in [-0.1, -0.05) is 12.1 Å². The Morgan fingerprint density at radius 3 is 2.37 bits per heavy atom. The number of carbonyl (C=O) groups is 1. The van der Waals surface area contributed by atoms with Crippen molar-refractivity contribution < 1.29 is 18.0 Å². The second kappa shape index (κ2) is 10.5. The molecule has 27 heavy (non-hydrogen) atoms. The maximum atomic E-state index is 12.6. The number of alkyl halides is 3. The summed E-state index contributed by atoms with van der Waals surface area (Å²) in [6, 6.07) is 5.41. The molecule has 1 saturated carbocycles. The molecule has 1 unspecified atom stereocenters. The molecule has 0 radical (unpaired) electrons. The van der Waals surface area contributed by atoms with Crippen LogP contribution in [0.5, 0.6) is 0 Å². The first kappa shape index (κ1) is 24.0. The maximum absolute atomic E-state index is 12.6. The summed E-state index contributed by atoms with van der Waals surface area (Å²) in [5.41, 5.74) is 0.229. The van der Waals surface area contributed by atoms with Gasteiger partial charge in [-0.3, -0.25) is 9.69 Å². The molecule has 1 atom stereocenters. The van der Waals surface area contributed by atoms with Crippen molar-refractivity contribution in [3.05, 3.63) is 35.4 Å². The standard InChI is InChI=1S/C18H24F3N3O.2ClH/c19-18(20,21)15-5-3-14(4-6-15)11-24-8-7-16(12-24)23-17(25)10-22-9-13-1-2-13;;/h3-6,13,16,22H,1-2,7-12H2,(H,23,25);2*1H. The fourth-order valence-electron chi connectivity index (χ4n) is 3.14. The van der Waals surface area contributed by atoms with E-state index in [0.717, 1.165) is 49.7 Å². The summed E-state index contributed by atoms with van der Waals surface area (Å²) >= 11 is 0. The molecule has 1 aliphatic heterocycles. The molecule has 0 spiro atoms. The summed E-state index contributed by atoms with van der Waals surface area (Å²) in [5, 5.41) is 6.20. The average Bonchev–Trinajstić information content (AvgIpc) is 3.27. The summed E-state index contributed by atoms with van der Waals surface area (Å²) in [5.74, 6) is 0.764. The van der Waals surface area contributed by atoms with Gasteiger partial charge in [0.2, 0.25) is 5.91 Å². The van der Waals surface area contributed by atoms with Crippen LogP contribution >= 0.6 is 24.8 Å². The molecule has 2 fully saturated rings. The van der Waals surface area contributed by atoms with E-state index in [1.54, 1.807) is 0 Å². The van der Waals surface area contributed by atoms with Crippen LogP contribution in [0.25, 0.3) is 0 Å². The summed E-state index contributed by atoms with van der Waals surface area (Å²) in [7, 11) is 0. The third-order valence-corrected chi connectivity index (χ3v) is 4.74. The highest BCUT2D eigenvalue weighted by molar-refractivity contribution is 5.85. The fraction of sp³-hybridized carbons (Fsp3) is 0.611. The van der Waals surface area contributed by atoms with E-state index in [-0.39, 0.29) is 36.8 Å². The smallest absolute Gasteiger partial charge is 0.351 e. The van der Waals surface area contributed by atoms with Crippen LogP contribution in [0.1, 0.15) is 30.4 Å². The van der Waals surface area contributed by atoms with Crippen LogP contribution < -0.4 is 10.6 Å². The highest BCUT2D eigenvalue weighted by atomic mass is 35.5. The number of hydrogen-bond donors (Lipinski definition) is 2. The Balaban J connectivity index is 0.00000182. The molecule has 1 aromatic carbocycles. The van der Waals surface area contributed by atoms with Crippen LogP contribution in [0.15, 0.2) is 24.3 Å². The normalized spacial score (nSPS) is 19.9. The number of hydrogen-bond acceptors (Lipinski definition) is 3. The van der Waals surface area contributed by atoms with Gasteiger partial charge in [-0.2, -0.15) is 13.2 Å². The number of nitrogens with one attached hydrogen (secondary N) is 2. The van der Waals surface area contributed by atoms with E-state index < -0.39 is 11.7 Å². The maximum Gasteiger partial charge on any atom is 0.416 e. The monoisotopic (exact) mass is 427 g/mol. The largest absolute Gasteiger partial charge is 0.416 e.